The smallest absolute Gasteiger partial charge is 0.152 e. The van der Waals surface area contributed by atoms with Crippen molar-refractivity contribution in [2.24, 2.45) is 0 Å². The zero-order valence-corrected chi connectivity index (χ0v) is 13.3. The van der Waals surface area contributed by atoms with E-state index in [9.17, 15) is 18.9 Å². The highest BCUT2D eigenvalue weighted by molar-refractivity contribution is 7.91. The van der Waals surface area contributed by atoms with Crippen LogP contribution in [0.15, 0.2) is 0 Å². The first-order valence-corrected chi connectivity index (χ1v) is 8.59. The molecule has 2 heterocycles. The van der Waals surface area contributed by atoms with Crippen LogP contribution in [0.4, 0.5) is 11.6 Å². The Balaban J connectivity index is 2.58. The molecule has 1 aromatic rings. The maximum absolute atomic E-state index is 11.6. The highest BCUT2D eigenvalue weighted by atomic mass is 32.2. The summed E-state index contributed by atoms with van der Waals surface area (Å²) in [5.41, 5.74) is 6.11. The van der Waals surface area contributed by atoms with Gasteiger partial charge in [0.2, 0.25) is 0 Å². The molecule has 1 fully saturated rings. The van der Waals surface area contributed by atoms with E-state index >= 15 is 0 Å². The Labute approximate surface area is 134 Å². The molecule has 1 aromatic heterocycles. The first kappa shape index (κ1) is 16.5. The number of rotatable bonds is 3. The minimum absolute atomic E-state index is 0.0132. The summed E-state index contributed by atoms with van der Waals surface area (Å²) < 4.78 is 23.3. The number of pyridine rings is 1. The third-order valence-electron chi connectivity index (χ3n) is 3.88. The lowest BCUT2D eigenvalue weighted by molar-refractivity contribution is 0.600. The Morgan fingerprint density at radius 2 is 1.96 bits per heavy atom. The summed E-state index contributed by atoms with van der Waals surface area (Å²) >= 11 is 0. The van der Waals surface area contributed by atoms with Crippen molar-refractivity contribution in [1.82, 2.24) is 4.98 Å². The molecule has 9 heteroatoms. The van der Waals surface area contributed by atoms with E-state index in [1.54, 1.807) is 11.9 Å². The summed E-state index contributed by atoms with van der Waals surface area (Å²) in [4.78, 5) is 5.70. The average Bonchev–Trinajstić information content (AvgIpc) is 2.86. The maximum Gasteiger partial charge on any atom is 0.152 e. The summed E-state index contributed by atoms with van der Waals surface area (Å²) in [6, 6.07) is 5.42. The van der Waals surface area contributed by atoms with Gasteiger partial charge in [0.05, 0.1) is 29.6 Å². The second kappa shape index (κ2) is 6.12. The standard InChI is InChI=1S/C14H14N6O2S/c1-20(9-3-5-23(21,22)8-9)14-12(7-17)10(2-4-15)11(6-16)13(18)19-14/h9H,2-3,5,8H2,1H3,(H2,18,19). The van der Waals surface area contributed by atoms with Crippen molar-refractivity contribution in [3.63, 3.8) is 0 Å². The molecule has 8 nitrogen and oxygen atoms in total. The quantitative estimate of drug-likeness (QED) is 0.820. The normalized spacial score (nSPS) is 18.6. The molecule has 0 aromatic carbocycles. The first-order valence-electron chi connectivity index (χ1n) is 6.77. The predicted octanol–water partition coefficient (Wildman–Crippen LogP) is 0.0965. The lowest BCUT2D eigenvalue weighted by Gasteiger charge is -2.26. The van der Waals surface area contributed by atoms with Crippen LogP contribution in [-0.2, 0) is 16.3 Å². The molecule has 0 radical (unpaired) electrons. The number of hydrogen-bond donors (Lipinski definition) is 1. The van der Waals surface area contributed by atoms with Gasteiger partial charge in [-0.1, -0.05) is 0 Å². The van der Waals surface area contributed by atoms with Crippen molar-refractivity contribution in [3.05, 3.63) is 16.7 Å². The van der Waals surface area contributed by atoms with Gasteiger partial charge in [0.15, 0.2) is 9.84 Å². The van der Waals surface area contributed by atoms with E-state index in [0.29, 0.717) is 6.42 Å². The van der Waals surface area contributed by atoms with Gasteiger partial charge in [0.25, 0.3) is 0 Å². The van der Waals surface area contributed by atoms with Crippen LogP contribution in [-0.4, -0.2) is 38.0 Å². The monoisotopic (exact) mass is 330 g/mol. The number of hydrogen-bond acceptors (Lipinski definition) is 8. The number of aromatic nitrogens is 1. The summed E-state index contributed by atoms with van der Waals surface area (Å²) in [6.07, 6.45) is 0.279. The number of nitrogen functional groups attached to an aromatic ring is 1. The van der Waals surface area contributed by atoms with E-state index in [-0.39, 0.29) is 52.3 Å². The number of nitrogens with zero attached hydrogens (tertiary/aromatic N) is 5. The Hall–Kier alpha value is -2.83. The molecule has 1 aliphatic heterocycles. The molecule has 0 saturated carbocycles. The molecule has 0 bridgehead atoms. The highest BCUT2D eigenvalue weighted by Crippen LogP contribution is 2.30. The van der Waals surface area contributed by atoms with Gasteiger partial charge in [0.1, 0.15) is 29.3 Å². The number of nitriles is 3. The number of sulfone groups is 1. The fourth-order valence-corrected chi connectivity index (χ4v) is 4.42. The van der Waals surface area contributed by atoms with Gasteiger partial charge in [-0.25, -0.2) is 13.4 Å². The van der Waals surface area contributed by atoms with Gasteiger partial charge in [-0.05, 0) is 6.42 Å². The van der Waals surface area contributed by atoms with Gasteiger partial charge in [0, 0.05) is 18.7 Å². The second-order valence-electron chi connectivity index (χ2n) is 5.28. The molecule has 0 amide bonds. The van der Waals surface area contributed by atoms with Gasteiger partial charge in [-0.15, -0.1) is 0 Å². The SMILES string of the molecule is CN(c1nc(N)c(C#N)c(CC#N)c1C#N)C1CCS(=O)(=O)C1. The molecule has 1 aliphatic rings. The van der Waals surface area contributed by atoms with E-state index < -0.39 is 9.84 Å². The molecule has 0 spiro atoms. The maximum atomic E-state index is 11.6. The molecule has 1 unspecified atom stereocenters. The van der Waals surface area contributed by atoms with Crippen LogP contribution in [0.5, 0.6) is 0 Å². The molecule has 1 atom stereocenters. The largest absolute Gasteiger partial charge is 0.383 e. The lowest BCUT2D eigenvalue weighted by atomic mass is 10.0. The van der Waals surface area contributed by atoms with Gasteiger partial charge in [-0.3, -0.25) is 0 Å². The molecular formula is C14H14N6O2S. The Kier molecular flexibility index (Phi) is 4.40. The second-order valence-corrected chi connectivity index (χ2v) is 7.50. The van der Waals surface area contributed by atoms with Crippen molar-refractivity contribution >= 4 is 21.5 Å². The fourth-order valence-electron chi connectivity index (χ4n) is 2.65. The van der Waals surface area contributed by atoms with Crippen LogP contribution in [0.2, 0.25) is 0 Å². The average molecular weight is 330 g/mol. The molecule has 2 N–H and O–H groups in total. The first-order chi connectivity index (χ1) is 10.8. The van der Waals surface area contributed by atoms with E-state index in [1.807, 2.05) is 18.2 Å². The third-order valence-corrected chi connectivity index (χ3v) is 5.63. The van der Waals surface area contributed by atoms with Crippen molar-refractivity contribution in [2.45, 2.75) is 18.9 Å². The third kappa shape index (κ3) is 3.03. The number of nitrogens with two attached hydrogens (primary N) is 1. The molecular weight excluding hydrogens is 316 g/mol. The van der Waals surface area contributed by atoms with Crippen LogP contribution in [0.25, 0.3) is 0 Å². The molecule has 118 valence electrons. The molecule has 0 aliphatic carbocycles. The van der Waals surface area contributed by atoms with E-state index in [2.05, 4.69) is 4.98 Å². The fraction of sp³-hybridized carbons (Fsp3) is 0.429. The Morgan fingerprint density at radius 1 is 1.30 bits per heavy atom. The molecule has 23 heavy (non-hydrogen) atoms. The minimum atomic E-state index is -3.10. The van der Waals surface area contributed by atoms with Gasteiger partial charge < -0.3 is 10.6 Å². The van der Waals surface area contributed by atoms with Crippen LogP contribution in [0, 0.1) is 34.0 Å². The van der Waals surface area contributed by atoms with Crippen molar-refractivity contribution < 1.29 is 8.42 Å². The van der Waals surface area contributed by atoms with E-state index in [0.717, 1.165) is 0 Å². The lowest BCUT2D eigenvalue weighted by Crippen LogP contribution is -2.34. The predicted molar refractivity (Wildman–Crippen MR) is 82.9 cm³/mol. The molecule has 2 rings (SSSR count). The van der Waals surface area contributed by atoms with E-state index in [4.69, 9.17) is 11.0 Å². The van der Waals surface area contributed by atoms with Crippen LogP contribution < -0.4 is 10.6 Å². The van der Waals surface area contributed by atoms with Crippen LogP contribution >= 0.6 is 0 Å². The van der Waals surface area contributed by atoms with E-state index in [1.165, 1.54) is 0 Å². The Bertz CT molecular complexity index is 872. The highest BCUT2D eigenvalue weighted by Gasteiger charge is 2.33. The summed E-state index contributed by atoms with van der Waals surface area (Å²) in [5, 5.41) is 27.5. The van der Waals surface area contributed by atoms with Crippen LogP contribution in [0.3, 0.4) is 0 Å². The number of anilines is 2. The van der Waals surface area contributed by atoms with Gasteiger partial charge >= 0.3 is 0 Å². The zero-order chi connectivity index (χ0) is 17.2. The minimum Gasteiger partial charge on any atom is -0.383 e. The topological polar surface area (TPSA) is 148 Å². The van der Waals surface area contributed by atoms with Gasteiger partial charge in [-0.2, -0.15) is 15.8 Å². The van der Waals surface area contributed by atoms with Crippen LogP contribution in [0.1, 0.15) is 23.1 Å². The molecule has 1 saturated heterocycles. The summed E-state index contributed by atoms with van der Waals surface area (Å²) in [6.45, 7) is 0. The Morgan fingerprint density at radius 3 is 2.43 bits per heavy atom. The summed E-state index contributed by atoms with van der Waals surface area (Å²) in [5.74, 6) is 0.195. The van der Waals surface area contributed by atoms with Crippen molar-refractivity contribution in [1.29, 1.82) is 15.8 Å². The van der Waals surface area contributed by atoms with Crippen molar-refractivity contribution in [3.8, 4) is 18.2 Å². The summed E-state index contributed by atoms with van der Waals surface area (Å²) in [7, 11) is -1.46. The zero-order valence-electron chi connectivity index (χ0n) is 12.4. The van der Waals surface area contributed by atoms with Crippen molar-refractivity contribution in [2.75, 3.05) is 29.2 Å².